The van der Waals surface area contributed by atoms with E-state index >= 15 is 0 Å². The van der Waals surface area contributed by atoms with Crippen molar-refractivity contribution in [2.75, 3.05) is 6.54 Å². The van der Waals surface area contributed by atoms with Crippen LogP contribution in [0.15, 0.2) is 18.2 Å². The van der Waals surface area contributed by atoms with Crippen LogP contribution in [-0.2, 0) is 13.0 Å². The number of rotatable bonds is 3. The lowest BCUT2D eigenvalue weighted by atomic mass is 9.90. The van der Waals surface area contributed by atoms with Gasteiger partial charge in [0.15, 0.2) is 0 Å². The largest absolute Gasteiger partial charge is 0.328 e. The van der Waals surface area contributed by atoms with Crippen molar-refractivity contribution in [1.29, 1.82) is 0 Å². The highest BCUT2D eigenvalue weighted by Gasteiger charge is 2.22. The molecular formula is C17H27N3. The molecule has 0 amide bonds. The van der Waals surface area contributed by atoms with Crippen LogP contribution < -0.4 is 16.4 Å². The third-order valence-corrected chi connectivity index (χ3v) is 4.96. The SMILES string of the molecule is Cc1cccc2c1C[C@H](CNC1CCC(N)CC1)NC2. The Morgan fingerprint density at radius 1 is 1.25 bits per heavy atom. The van der Waals surface area contributed by atoms with E-state index < -0.39 is 0 Å². The predicted molar refractivity (Wildman–Crippen MR) is 83.7 cm³/mol. The molecule has 1 aromatic carbocycles. The van der Waals surface area contributed by atoms with Crippen LogP contribution in [0.3, 0.4) is 0 Å². The van der Waals surface area contributed by atoms with Crippen LogP contribution in [0.1, 0.15) is 42.4 Å². The summed E-state index contributed by atoms with van der Waals surface area (Å²) in [6.07, 6.45) is 5.99. The fraction of sp³-hybridized carbons (Fsp3) is 0.647. The van der Waals surface area contributed by atoms with E-state index in [2.05, 4.69) is 35.8 Å². The quantitative estimate of drug-likeness (QED) is 0.788. The van der Waals surface area contributed by atoms with Crippen LogP contribution in [0.5, 0.6) is 0 Å². The van der Waals surface area contributed by atoms with Crippen LogP contribution in [-0.4, -0.2) is 24.7 Å². The van der Waals surface area contributed by atoms with Gasteiger partial charge < -0.3 is 16.4 Å². The lowest BCUT2D eigenvalue weighted by Gasteiger charge is -2.31. The maximum Gasteiger partial charge on any atom is 0.0236 e. The first-order chi connectivity index (χ1) is 9.72. The molecule has 1 fully saturated rings. The Balaban J connectivity index is 1.52. The molecule has 1 heterocycles. The summed E-state index contributed by atoms with van der Waals surface area (Å²) in [5.74, 6) is 0. The van der Waals surface area contributed by atoms with Crippen LogP contribution in [0.2, 0.25) is 0 Å². The van der Waals surface area contributed by atoms with E-state index in [1.807, 2.05) is 0 Å². The van der Waals surface area contributed by atoms with Gasteiger partial charge in [0, 0.05) is 31.2 Å². The maximum atomic E-state index is 5.97. The van der Waals surface area contributed by atoms with Gasteiger partial charge >= 0.3 is 0 Å². The predicted octanol–water partition coefficient (Wildman–Crippen LogP) is 1.87. The first-order valence-electron chi connectivity index (χ1n) is 8.02. The minimum Gasteiger partial charge on any atom is -0.328 e. The lowest BCUT2D eigenvalue weighted by Crippen LogP contribution is -2.47. The summed E-state index contributed by atoms with van der Waals surface area (Å²) in [5.41, 5.74) is 10.4. The molecule has 0 aromatic heterocycles. The summed E-state index contributed by atoms with van der Waals surface area (Å²) >= 11 is 0. The molecule has 4 N–H and O–H groups in total. The van der Waals surface area contributed by atoms with E-state index in [-0.39, 0.29) is 0 Å². The first-order valence-corrected chi connectivity index (χ1v) is 8.02. The second-order valence-corrected chi connectivity index (χ2v) is 6.51. The molecule has 3 heteroatoms. The lowest BCUT2D eigenvalue weighted by molar-refractivity contribution is 0.324. The Labute approximate surface area is 122 Å². The van der Waals surface area contributed by atoms with Crippen molar-refractivity contribution in [3.8, 4) is 0 Å². The van der Waals surface area contributed by atoms with E-state index in [1.54, 1.807) is 5.56 Å². The number of hydrogen-bond donors (Lipinski definition) is 3. The zero-order valence-electron chi connectivity index (χ0n) is 12.5. The van der Waals surface area contributed by atoms with Crippen LogP contribution >= 0.6 is 0 Å². The third-order valence-electron chi connectivity index (χ3n) is 4.96. The highest BCUT2D eigenvalue weighted by Crippen LogP contribution is 2.21. The van der Waals surface area contributed by atoms with E-state index in [4.69, 9.17) is 5.73 Å². The standard InChI is InChI=1S/C17H27N3/c1-12-3-2-4-13-10-19-16(9-17(12)13)11-20-15-7-5-14(18)6-8-15/h2-4,14-16,19-20H,5-11,18H2,1H3/t14?,15?,16-/m1/s1. The van der Waals surface area contributed by atoms with E-state index in [0.717, 1.165) is 19.5 Å². The van der Waals surface area contributed by atoms with Crippen molar-refractivity contribution in [1.82, 2.24) is 10.6 Å². The molecule has 0 bridgehead atoms. The minimum absolute atomic E-state index is 0.440. The Morgan fingerprint density at radius 2 is 2.05 bits per heavy atom. The van der Waals surface area contributed by atoms with E-state index in [0.29, 0.717) is 18.1 Å². The molecule has 1 aromatic rings. The molecule has 2 aliphatic rings. The van der Waals surface area contributed by atoms with Gasteiger partial charge in [0.25, 0.3) is 0 Å². The number of nitrogens with two attached hydrogens (primary N) is 1. The fourth-order valence-electron chi connectivity index (χ4n) is 3.57. The van der Waals surface area contributed by atoms with Crippen molar-refractivity contribution in [3.05, 3.63) is 34.9 Å². The molecule has 0 spiro atoms. The van der Waals surface area contributed by atoms with Crippen molar-refractivity contribution in [2.45, 2.75) is 63.7 Å². The zero-order chi connectivity index (χ0) is 13.9. The number of aryl methyl sites for hydroxylation is 1. The first kappa shape index (κ1) is 14.1. The van der Waals surface area contributed by atoms with Gasteiger partial charge in [-0.1, -0.05) is 18.2 Å². The van der Waals surface area contributed by atoms with Gasteiger partial charge in [-0.2, -0.15) is 0 Å². The molecule has 20 heavy (non-hydrogen) atoms. The topological polar surface area (TPSA) is 50.1 Å². The second kappa shape index (κ2) is 6.25. The molecule has 0 saturated heterocycles. The summed E-state index contributed by atoms with van der Waals surface area (Å²) in [5, 5.41) is 7.41. The third kappa shape index (κ3) is 3.22. The molecule has 0 radical (unpaired) electrons. The Hall–Kier alpha value is -0.900. The van der Waals surface area contributed by atoms with Gasteiger partial charge in [-0.15, -0.1) is 0 Å². The smallest absolute Gasteiger partial charge is 0.0236 e. The number of fused-ring (bicyclic) bond motifs is 1. The van der Waals surface area contributed by atoms with Crippen molar-refractivity contribution in [2.24, 2.45) is 5.73 Å². The van der Waals surface area contributed by atoms with E-state index in [9.17, 15) is 0 Å². The summed E-state index contributed by atoms with van der Waals surface area (Å²) in [7, 11) is 0. The van der Waals surface area contributed by atoms with Crippen LogP contribution in [0.25, 0.3) is 0 Å². The number of hydrogen-bond acceptors (Lipinski definition) is 3. The second-order valence-electron chi connectivity index (χ2n) is 6.51. The molecule has 1 aliphatic carbocycles. The molecule has 1 saturated carbocycles. The average molecular weight is 273 g/mol. The highest BCUT2D eigenvalue weighted by atomic mass is 15.0. The maximum absolute atomic E-state index is 5.97. The van der Waals surface area contributed by atoms with Gasteiger partial charge in [-0.25, -0.2) is 0 Å². The summed E-state index contributed by atoms with van der Waals surface area (Å²) in [6, 6.07) is 8.34. The van der Waals surface area contributed by atoms with E-state index in [1.165, 1.54) is 36.8 Å². The van der Waals surface area contributed by atoms with Crippen LogP contribution in [0.4, 0.5) is 0 Å². The Kier molecular flexibility index (Phi) is 4.39. The van der Waals surface area contributed by atoms with Crippen molar-refractivity contribution < 1.29 is 0 Å². The van der Waals surface area contributed by atoms with Gasteiger partial charge in [0.05, 0.1) is 0 Å². The van der Waals surface area contributed by atoms with Crippen molar-refractivity contribution in [3.63, 3.8) is 0 Å². The number of benzene rings is 1. The van der Waals surface area contributed by atoms with Gasteiger partial charge in [-0.05, 0) is 55.7 Å². The Morgan fingerprint density at radius 3 is 2.85 bits per heavy atom. The fourth-order valence-corrected chi connectivity index (χ4v) is 3.57. The zero-order valence-corrected chi connectivity index (χ0v) is 12.5. The molecule has 1 aliphatic heterocycles. The molecule has 3 nitrogen and oxygen atoms in total. The van der Waals surface area contributed by atoms with Crippen LogP contribution in [0, 0.1) is 6.92 Å². The molecular weight excluding hydrogens is 246 g/mol. The highest BCUT2D eigenvalue weighted by molar-refractivity contribution is 5.36. The molecule has 110 valence electrons. The summed E-state index contributed by atoms with van der Waals surface area (Å²) < 4.78 is 0. The summed E-state index contributed by atoms with van der Waals surface area (Å²) in [4.78, 5) is 0. The average Bonchev–Trinajstić information content (AvgIpc) is 2.47. The Bertz CT molecular complexity index is 450. The normalized spacial score (nSPS) is 30.0. The number of nitrogens with one attached hydrogen (secondary N) is 2. The molecule has 3 rings (SSSR count). The van der Waals surface area contributed by atoms with Gasteiger partial charge in [0.1, 0.15) is 0 Å². The van der Waals surface area contributed by atoms with Crippen molar-refractivity contribution >= 4 is 0 Å². The molecule has 0 unspecified atom stereocenters. The monoisotopic (exact) mass is 273 g/mol. The van der Waals surface area contributed by atoms with Gasteiger partial charge in [-0.3, -0.25) is 0 Å². The molecule has 1 atom stereocenters. The summed E-state index contributed by atoms with van der Waals surface area (Å²) in [6.45, 7) is 4.32. The minimum atomic E-state index is 0.440. The van der Waals surface area contributed by atoms with Gasteiger partial charge in [0.2, 0.25) is 0 Å².